The molecule has 0 spiro atoms. The highest BCUT2D eigenvalue weighted by molar-refractivity contribution is 5.80. The lowest BCUT2D eigenvalue weighted by Gasteiger charge is -2.08. The van der Waals surface area contributed by atoms with Crippen LogP contribution in [0.1, 0.15) is 19.4 Å². The zero-order valence-corrected chi connectivity index (χ0v) is 8.93. The first-order chi connectivity index (χ1) is 7.30. The van der Waals surface area contributed by atoms with Gasteiger partial charge >= 0.3 is 0 Å². The lowest BCUT2D eigenvalue weighted by molar-refractivity contribution is 0.320. The predicted molar refractivity (Wildman–Crippen MR) is 58.2 cm³/mol. The standard InChI is InChI=1S/C11H15NO3/c1-3-14-10-5-9(8-12-13)6-11(7-10)15-4-2/h5-8,13H,3-4H2,1-2H3/b12-8+. The van der Waals surface area contributed by atoms with Crippen LogP contribution in [0.25, 0.3) is 0 Å². The summed E-state index contributed by atoms with van der Waals surface area (Å²) in [5.41, 5.74) is 0.742. The molecule has 0 fully saturated rings. The molecule has 0 saturated heterocycles. The maximum Gasteiger partial charge on any atom is 0.123 e. The fourth-order valence-electron chi connectivity index (χ4n) is 1.23. The largest absolute Gasteiger partial charge is 0.494 e. The molecule has 0 aliphatic carbocycles. The highest BCUT2D eigenvalue weighted by Gasteiger charge is 2.01. The van der Waals surface area contributed by atoms with Crippen molar-refractivity contribution in [2.45, 2.75) is 13.8 Å². The summed E-state index contributed by atoms with van der Waals surface area (Å²) in [6, 6.07) is 5.37. The average molecular weight is 209 g/mol. The third kappa shape index (κ3) is 3.50. The Morgan fingerprint density at radius 1 is 1.13 bits per heavy atom. The van der Waals surface area contributed by atoms with Crippen molar-refractivity contribution in [3.63, 3.8) is 0 Å². The Balaban J connectivity index is 2.96. The van der Waals surface area contributed by atoms with Crippen LogP contribution in [0.15, 0.2) is 23.4 Å². The van der Waals surface area contributed by atoms with E-state index in [2.05, 4.69) is 5.16 Å². The Morgan fingerprint density at radius 3 is 2.07 bits per heavy atom. The van der Waals surface area contributed by atoms with Crippen molar-refractivity contribution in [1.82, 2.24) is 0 Å². The monoisotopic (exact) mass is 209 g/mol. The summed E-state index contributed by atoms with van der Waals surface area (Å²) in [4.78, 5) is 0. The molecule has 0 radical (unpaired) electrons. The molecule has 15 heavy (non-hydrogen) atoms. The van der Waals surface area contributed by atoms with Gasteiger partial charge in [0.15, 0.2) is 0 Å². The van der Waals surface area contributed by atoms with E-state index in [-0.39, 0.29) is 0 Å². The number of hydrogen-bond acceptors (Lipinski definition) is 4. The molecule has 0 bridgehead atoms. The molecule has 0 heterocycles. The molecule has 1 N–H and O–H groups in total. The van der Waals surface area contributed by atoms with Gasteiger partial charge in [0.2, 0.25) is 0 Å². The highest BCUT2D eigenvalue weighted by atomic mass is 16.5. The molecule has 0 amide bonds. The number of hydrogen-bond donors (Lipinski definition) is 1. The molecule has 0 aliphatic rings. The first kappa shape index (κ1) is 11.4. The van der Waals surface area contributed by atoms with Crippen LogP contribution >= 0.6 is 0 Å². The second kappa shape index (κ2) is 5.90. The molecule has 1 aromatic carbocycles. The van der Waals surface area contributed by atoms with Crippen molar-refractivity contribution in [2.24, 2.45) is 5.16 Å². The fraction of sp³-hybridized carbons (Fsp3) is 0.364. The van der Waals surface area contributed by atoms with Crippen LogP contribution in [0.2, 0.25) is 0 Å². The SMILES string of the molecule is CCOc1cc(/C=N/O)cc(OCC)c1. The molecule has 0 unspecified atom stereocenters. The molecular weight excluding hydrogens is 194 g/mol. The fourth-order valence-corrected chi connectivity index (χ4v) is 1.23. The van der Waals surface area contributed by atoms with E-state index >= 15 is 0 Å². The maximum absolute atomic E-state index is 8.45. The van der Waals surface area contributed by atoms with E-state index in [9.17, 15) is 0 Å². The third-order valence-electron chi connectivity index (χ3n) is 1.73. The average Bonchev–Trinajstić information content (AvgIpc) is 2.19. The second-order valence-electron chi connectivity index (χ2n) is 2.85. The van der Waals surface area contributed by atoms with Crippen molar-refractivity contribution < 1.29 is 14.7 Å². The van der Waals surface area contributed by atoms with Gasteiger partial charge in [-0.15, -0.1) is 0 Å². The minimum atomic E-state index is 0.589. The summed E-state index contributed by atoms with van der Waals surface area (Å²) in [5, 5.41) is 11.4. The van der Waals surface area contributed by atoms with Crippen LogP contribution in [0.4, 0.5) is 0 Å². The molecular formula is C11H15NO3. The van der Waals surface area contributed by atoms with Crippen LogP contribution < -0.4 is 9.47 Å². The maximum atomic E-state index is 8.45. The van der Waals surface area contributed by atoms with Gasteiger partial charge in [-0.1, -0.05) is 5.16 Å². The van der Waals surface area contributed by atoms with Gasteiger partial charge in [-0.05, 0) is 26.0 Å². The van der Waals surface area contributed by atoms with Crippen LogP contribution in [0, 0.1) is 0 Å². The molecule has 1 aromatic rings. The molecule has 0 aromatic heterocycles. The van der Waals surface area contributed by atoms with E-state index in [0.717, 1.165) is 5.56 Å². The van der Waals surface area contributed by atoms with Crippen LogP contribution in [-0.2, 0) is 0 Å². The van der Waals surface area contributed by atoms with Crippen molar-refractivity contribution in [3.8, 4) is 11.5 Å². The first-order valence-corrected chi connectivity index (χ1v) is 4.88. The summed E-state index contributed by atoms with van der Waals surface area (Å²) >= 11 is 0. The van der Waals surface area contributed by atoms with Crippen LogP contribution in [0.3, 0.4) is 0 Å². The van der Waals surface area contributed by atoms with E-state index in [0.29, 0.717) is 24.7 Å². The van der Waals surface area contributed by atoms with E-state index in [1.165, 1.54) is 6.21 Å². The van der Waals surface area contributed by atoms with Gasteiger partial charge in [-0.2, -0.15) is 0 Å². The smallest absolute Gasteiger partial charge is 0.123 e. The van der Waals surface area contributed by atoms with Crippen molar-refractivity contribution in [1.29, 1.82) is 0 Å². The Hall–Kier alpha value is -1.71. The van der Waals surface area contributed by atoms with E-state index in [1.54, 1.807) is 12.1 Å². The summed E-state index contributed by atoms with van der Waals surface area (Å²) in [7, 11) is 0. The van der Waals surface area contributed by atoms with Gasteiger partial charge < -0.3 is 14.7 Å². The lowest BCUT2D eigenvalue weighted by Crippen LogP contribution is -1.96. The topological polar surface area (TPSA) is 51.0 Å². The Kier molecular flexibility index (Phi) is 4.47. The van der Waals surface area contributed by atoms with Crippen molar-refractivity contribution >= 4 is 6.21 Å². The van der Waals surface area contributed by atoms with Crippen molar-refractivity contribution in [3.05, 3.63) is 23.8 Å². The van der Waals surface area contributed by atoms with E-state index < -0.39 is 0 Å². The van der Waals surface area contributed by atoms with Gasteiger partial charge in [0.25, 0.3) is 0 Å². The second-order valence-corrected chi connectivity index (χ2v) is 2.85. The summed E-state index contributed by atoms with van der Waals surface area (Å²) < 4.78 is 10.7. The van der Waals surface area contributed by atoms with Gasteiger partial charge in [0.1, 0.15) is 11.5 Å². The van der Waals surface area contributed by atoms with Gasteiger partial charge in [-0.3, -0.25) is 0 Å². The van der Waals surface area contributed by atoms with Crippen molar-refractivity contribution in [2.75, 3.05) is 13.2 Å². The Morgan fingerprint density at radius 2 is 1.67 bits per heavy atom. The number of benzene rings is 1. The van der Waals surface area contributed by atoms with Gasteiger partial charge in [0.05, 0.1) is 19.4 Å². The van der Waals surface area contributed by atoms with Gasteiger partial charge in [0, 0.05) is 11.6 Å². The minimum absolute atomic E-state index is 0.589. The summed E-state index contributed by atoms with van der Waals surface area (Å²) in [5.74, 6) is 1.41. The Labute approximate surface area is 89.1 Å². The number of ether oxygens (including phenoxy) is 2. The van der Waals surface area contributed by atoms with E-state index in [4.69, 9.17) is 14.7 Å². The van der Waals surface area contributed by atoms with Gasteiger partial charge in [-0.25, -0.2) is 0 Å². The number of rotatable bonds is 5. The van der Waals surface area contributed by atoms with Crippen LogP contribution in [-0.4, -0.2) is 24.6 Å². The normalized spacial score (nSPS) is 10.5. The molecule has 82 valence electrons. The zero-order valence-electron chi connectivity index (χ0n) is 8.93. The number of nitrogens with zero attached hydrogens (tertiary/aromatic N) is 1. The van der Waals surface area contributed by atoms with Crippen LogP contribution in [0.5, 0.6) is 11.5 Å². The molecule has 4 nitrogen and oxygen atoms in total. The first-order valence-electron chi connectivity index (χ1n) is 4.88. The number of oxime groups is 1. The minimum Gasteiger partial charge on any atom is -0.494 e. The zero-order chi connectivity index (χ0) is 11.1. The third-order valence-corrected chi connectivity index (χ3v) is 1.73. The van der Waals surface area contributed by atoms with E-state index in [1.807, 2.05) is 19.9 Å². The quantitative estimate of drug-likeness (QED) is 0.460. The lowest BCUT2D eigenvalue weighted by atomic mass is 10.2. The molecule has 1 rings (SSSR count). The Bertz CT molecular complexity index is 312. The molecule has 4 heteroatoms. The molecule has 0 saturated carbocycles. The summed E-state index contributed by atoms with van der Waals surface area (Å²) in [6.07, 6.45) is 1.34. The summed E-state index contributed by atoms with van der Waals surface area (Å²) in [6.45, 7) is 5.00. The highest BCUT2D eigenvalue weighted by Crippen LogP contribution is 2.22. The predicted octanol–water partition coefficient (Wildman–Crippen LogP) is 2.29. The molecule has 0 aliphatic heterocycles. The molecule has 0 atom stereocenters.